The number of benzene rings is 2. The zero-order valence-corrected chi connectivity index (χ0v) is 15.4. The van der Waals surface area contributed by atoms with Crippen LogP contribution in [0.25, 0.3) is 11.0 Å². The molecule has 2 amide bonds. The number of rotatable bonds is 6. The molecule has 0 atom stereocenters. The lowest BCUT2D eigenvalue weighted by atomic mass is 10.1. The number of carbonyl (C=O) groups is 2. The van der Waals surface area contributed by atoms with Gasteiger partial charge in [0.2, 0.25) is 11.7 Å². The van der Waals surface area contributed by atoms with Gasteiger partial charge in [0.15, 0.2) is 9.84 Å². The SMILES string of the molecule is CCS(=O)(=O)c1ccc(CC(=O)Nc2c(C(N)=O)oc3ccccc23)cc1. The highest BCUT2D eigenvalue weighted by molar-refractivity contribution is 7.91. The van der Waals surface area contributed by atoms with E-state index < -0.39 is 15.7 Å². The number of nitrogens with one attached hydrogen (secondary N) is 1. The van der Waals surface area contributed by atoms with Crippen molar-refractivity contribution >= 4 is 38.3 Å². The van der Waals surface area contributed by atoms with Crippen LogP contribution in [0.1, 0.15) is 23.0 Å². The molecule has 0 unspecified atom stereocenters. The molecule has 0 saturated carbocycles. The van der Waals surface area contributed by atoms with Gasteiger partial charge in [-0.05, 0) is 29.8 Å². The van der Waals surface area contributed by atoms with Crippen LogP contribution >= 0.6 is 0 Å². The number of hydrogen-bond acceptors (Lipinski definition) is 5. The number of amides is 2. The van der Waals surface area contributed by atoms with Crippen molar-refractivity contribution in [3.05, 3.63) is 59.9 Å². The molecule has 0 fully saturated rings. The third kappa shape index (κ3) is 3.85. The summed E-state index contributed by atoms with van der Waals surface area (Å²) in [5.41, 5.74) is 6.64. The second kappa shape index (κ2) is 7.24. The minimum atomic E-state index is -3.29. The molecule has 1 aromatic heterocycles. The van der Waals surface area contributed by atoms with E-state index in [4.69, 9.17) is 10.2 Å². The van der Waals surface area contributed by atoms with Crippen molar-refractivity contribution in [1.82, 2.24) is 0 Å². The van der Waals surface area contributed by atoms with Crippen LogP contribution in [0.15, 0.2) is 57.8 Å². The summed E-state index contributed by atoms with van der Waals surface area (Å²) in [5.74, 6) is -1.27. The molecule has 7 nitrogen and oxygen atoms in total. The topological polar surface area (TPSA) is 119 Å². The number of carbonyl (C=O) groups excluding carboxylic acids is 2. The quantitative estimate of drug-likeness (QED) is 0.674. The Morgan fingerprint density at radius 2 is 1.74 bits per heavy atom. The smallest absolute Gasteiger partial charge is 0.286 e. The Morgan fingerprint density at radius 1 is 1.07 bits per heavy atom. The van der Waals surface area contributed by atoms with Crippen LogP contribution in [-0.2, 0) is 21.1 Å². The summed E-state index contributed by atoms with van der Waals surface area (Å²) in [5, 5.41) is 3.24. The third-order valence-corrected chi connectivity index (χ3v) is 5.86. The maximum atomic E-state index is 12.4. The van der Waals surface area contributed by atoms with E-state index >= 15 is 0 Å². The zero-order chi connectivity index (χ0) is 19.6. The zero-order valence-electron chi connectivity index (χ0n) is 14.6. The minimum absolute atomic E-state index is 0.00413. The number of sulfone groups is 1. The monoisotopic (exact) mass is 386 g/mol. The van der Waals surface area contributed by atoms with E-state index in [1.807, 2.05) is 0 Å². The molecule has 0 bridgehead atoms. The molecule has 0 radical (unpaired) electrons. The van der Waals surface area contributed by atoms with Crippen LogP contribution < -0.4 is 11.1 Å². The highest BCUT2D eigenvalue weighted by Crippen LogP contribution is 2.30. The highest BCUT2D eigenvalue weighted by Gasteiger charge is 2.20. The average Bonchev–Trinajstić information content (AvgIpc) is 3.01. The first-order valence-electron chi connectivity index (χ1n) is 8.24. The Kier molecular flexibility index (Phi) is 5.00. The van der Waals surface area contributed by atoms with Gasteiger partial charge in [-0.3, -0.25) is 9.59 Å². The van der Waals surface area contributed by atoms with Crippen molar-refractivity contribution in [2.24, 2.45) is 5.73 Å². The summed E-state index contributed by atoms with van der Waals surface area (Å²) in [7, 11) is -3.29. The Balaban J connectivity index is 1.82. The summed E-state index contributed by atoms with van der Waals surface area (Å²) >= 11 is 0. The van der Waals surface area contributed by atoms with Gasteiger partial charge >= 0.3 is 0 Å². The van der Waals surface area contributed by atoms with Crippen LogP contribution in [0.3, 0.4) is 0 Å². The van der Waals surface area contributed by atoms with E-state index in [0.717, 1.165) is 0 Å². The summed E-state index contributed by atoms with van der Waals surface area (Å²) in [4.78, 5) is 24.2. The van der Waals surface area contributed by atoms with Gasteiger partial charge in [-0.1, -0.05) is 31.2 Å². The van der Waals surface area contributed by atoms with Gasteiger partial charge in [-0.15, -0.1) is 0 Å². The molecule has 3 rings (SSSR count). The van der Waals surface area contributed by atoms with Crippen molar-refractivity contribution in [2.45, 2.75) is 18.2 Å². The lowest BCUT2D eigenvalue weighted by Gasteiger charge is -2.06. The number of anilines is 1. The molecule has 0 aliphatic carbocycles. The van der Waals surface area contributed by atoms with E-state index in [0.29, 0.717) is 16.5 Å². The maximum absolute atomic E-state index is 12.4. The molecule has 3 N–H and O–H groups in total. The van der Waals surface area contributed by atoms with Gasteiger partial charge in [0.1, 0.15) is 11.3 Å². The fourth-order valence-corrected chi connectivity index (χ4v) is 3.58. The van der Waals surface area contributed by atoms with E-state index in [-0.39, 0.29) is 34.4 Å². The summed E-state index contributed by atoms with van der Waals surface area (Å²) in [6, 6.07) is 13.0. The molecule has 0 spiro atoms. The van der Waals surface area contributed by atoms with Gasteiger partial charge in [-0.25, -0.2) is 8.42 Å². The number of hydrogen-bond donors (Lipinski definition) is 2. The van der Waals surface area contributed by atoms with Gasteiger partial charge < -0.3 is 15.5 Å². The second-order valence-corrected chi connectivity index (χ2v) is 8.22. The minimum Gasteiger partial charge on any atom is -0.449 e. The molecule has 8 heteroatoms. The van der Waals surface area contributed by atoms with Crippen LogP contribution in [0, 0.1) is 0 Å². The first kappa shape index (κ1) is 18.7. The molecular formula is C19H18N2O5S. The molecule has 0 saturated heterocycles. The fourth-order valence-electron chi connectivity index (χ4n) is 2.69. The molecule has 3 aromatic rings. The van der Waals surface area contributed by atoms with E-state index in [1.165, 1.54) is 12.1 Å². The molecule has 27 heavy (non-hydrogen) atoms. The summed E-state index contributed by atoms with van der Waals surface area (Å²) in [6.45, 7) is 1.57. The van der Waals surface area contributed by atoms with Crippen LogP contribution in [0.2, 0.25) is 0 Å². The van der Waals surface area contributed by atoms with Crippen molar-refractivity contribution in [1.29, 1.82) is 0 Å². The second-order valence-electron chi connectivity index (χ2n) is 5.94. The molecule has 0 aliphatic heterocycles. The molecule has 0 aliphatic rings. The number of para-hydroxylation sites is 1. The van der Waals surface area contributed by atoms with Gasteiger partial charge in [0.25, 0.3) is 5.91 Å². The largest absolute Gasteiger partial charge is 0.449 e. The number of fused-ring (bicyclic) bond motifs is 1. The Bertz CT molecular complexity index is 1110. The van der Waals surface area contributed by atoms with Crippen molar-refractivity contribution in [2.75, 3.05) is 11.1 Å². The van der Waals surface area contributed by atoms with Gasteiger partial charge in [0.05, 0.1) is 17.1 Å². The summed E-state index contributed by atoms with van der Waals surface area (Å²) < 4.78 is 29.1. The number of furan rings is 1. The Labute approximate surface area is 156 Å². The molecular weight excluding hydrogens is 368 g/mol. The van der Waals surface area contributed by atoms with E-state index in [2.05, 4.69) is 5.32 Å². The van der Waals surface area contributed by atoms with Crippen LogP contribution in [0.5, 0.6) is 0 Å². The van der Waals surface area contributed by atoms with Crippen molar-refractivity contribution < 1.29 is 22.4 Å². The highest BCUT2D eigenvalue weighted by atomic mass is 32.2. The van der Waals surface area contributed by atoms with Gasteiger partial charge in [-0.2, -0.15) is 0 Å². The first-order chi connectivity index (χ1) is 12.8. The predicted molar refractivity (Wildman–Crippen MR) is 101 cm³/mol. The lowest BCUT2D eigenvalue weighted by molar-refractivity contribution is -0.115. The first-order valence-corrected chi connectivity index (χ1v) is 9.90. The van der Waals surface area contributed by atoms with Gasteiger partial charge in [0, 0.05) is 5.39 Å². The predicted octanol–water partition coefficient (Wildman–Crippen LogP) is 2.51. The standard InChI is InChI=1S/C19H18N2O5S/c1-2-27(24,25)13-9-7-12(8-10-13)11-16(22)21-17-14-5-3-4-6-15(14)26-18(17)19(20)23/h3-10H,2,11H2,1H3,(H2,20,23)(H,21,22). The van der Waals surface area contributed by atoms with Crippen LogP contribution in [0.4, 0.5) is 5.69 Å². The molecule has 2 aromatic carbocycles. The molecule has 140 valence electrons. The summed E-state index contributed by atoms with van der Waals surface area (Å²) in [6.07, 6.45) is 0.00413. The maximum Gasteiger partial charge on any atom is 0.286 e. The van der Waals surface area contributed by atoms with Crippen molar-refractivity contribution in [3.63, 3.8) is 0 Å². The Hall–Kier alpha value is -3.13. The van der Waals surface area contributed by atoms with E-state index in [9.17, 15) is 18.0 Å². The average molecular weight is 386 g/mol. The Morgan fingerprint density at radius 3 is 2.37 bits per heavy atom. The fraction of sp³-hybridized carbons (Fsp3) is 0.158. The van der Waals surface area contributed by atoms with Crippen LogP contribution in [-0.4, -0.2) is 26.0 Å². The third-order valence-electron chi connectivity index (χ3n) is 4.11. The lowest BCUT2D eigenvalue weighted by Crippen LogP contribution is -2.18. The number of nitrogens with two attached hydrogens (primary N) is 1. The van der Waals surface area contributed by atoms with E-state index in [1.54, 1.807) is 43.3 Å². The number of primary amides is 1. The molecule has 1 heterocycles. The normalized spacial score (nSPS) is 11.4. The van der Waals surface area contributed by atoms with Crippen molar-refractivity contribution in [3.8, 4) is 0 Å².